The second-order valence-corrected chi connectivity index (χ2v) is 9.70. The highest BCUT2D eigenvalue weighted by molar-refractivity contribution is 6.23. The van der Waals surface area contributed by atoms with Crippen LogP contribution in [0.15, 0.2) is 77.2 Å². The Morgan fingerprint density at radius 3 is 2.50 bits per heavy atom. The lowest BCUT2D eigenvalue weighted by Crippen LogP contribution is -2.50. The molecule has 2 aliphatic rings. The van der Waals surface area contributed by atoms with Gasteiger partial charge in [0, 0.05) is 17.2 Å². The van der Waals surface area contributed by atoms with Gasteiger partial charge in [-0.05, 0) is 67.4 Å². The quantitative estimate of drug-likeness (QED) is 0.331. The predicted octanol–water partition coefficient (Wildman–Crippen LogP) is 5.22. The Morgan fingerprint density at radius 2 is 1.76 bits per heavy atom. The summed E-state index contributed by atoms with van der Waals surface area (Å²) in [5.74, 6) is 0.0709. The van der Waals surface area contributed by atoms with Crippen molar-refractivity contribution in [1.29, 1.82) is 0 Å². The number of ether oxygens (including phenoxy) is 1. The topological polar surface area (TPSA) is 92.9 Å². The van der Waals surface area contributed by atoms with E-state index >= 15 is 0 Å². The summed E-state index contributed by atoms with van der Waals surface area (Å²) in [7, 11) is 1.55. The number of hydrogen-bond donors (Lipinski definition) is 0. The van der Waals surface area contributed by atoms with Gasteiger partial charge in [-0.2, -0.15) is 0 Å². The normalized spacial score (nSPS) is 17.9. The fourth-order valence-corrected chi connectivity index (χ4v) is 5.50. The molecule has 0 N–H and O–H groups in total. The summed E-state index contributed by atoms with van der Waals surface area (Å²) < 4.78 is 11.1. The Morgan fingerprint density at radius 1 is 1.00 bits per heavy atom. The van der Waals surface area contributed by atoms with Gasteiger partial charge in [0.05, 0.1) is 19.2 Å². The number of fused-ring (bicyclic) bond motifs is 1. The number of benzene rings is 3. The van der Waals surface area contributed by atoms with E-state index in [2.05, 4.69) is 4.98 Å². The van der Waals surface area contributed by atoms with E-state index in [1.54, 1.807) is 60.5 Å². The third kappa shape index (κ3) is 4.22. The molecule has 0 bridgehead atoms. The molecular formula is C30H27N3O5. The molecule has 8 heteroatoms. The number of aromatic nitrogens is 1. The Bertz CT molecular complexity index is 1490. The van der Waals surface area contributed by atoms with E-state index in [-0.39, 0.29) is 30.2 Å². The minimum absolute atomic E-state index is 0.0437. The van der Waals surface area contributed by atoms with Crippen LogP contribution in [0.4, 0.5) is 5.69 Å². The number of para-hydroxylation sites is 2. The zero-order valence-corrected chi connectivity index (χ0v) is 21.0. The summed E-state index contributed by atoms with van der Waals surface area (Å²) in [5.41, 5.74) is 3.08. The van der Waals surface area contributed by atoms with E-state index in [0.717, 1.165) is 36.8 Å². The van der Waals surface area contributed by atoms with Gasteiger partial charge in [-0.1, -0.05) is 31.0 Å². The van der Waals surface area contributed by atoms with Crippen LogP contribution in [0.5, 0.6) is 5.75 Å². The van der Waals surface area contributed by atoms with Crippen LogP contribution in [-0.2, 0) is 9.59 Å². The van der Waals surface area contributed by atoms with E-state index in [9.17, 15) is 14.4 Å². The standard InChI is InChI=1S/C30H27N3O5/c1-37-23-10-6-7-20(17-23)29(35)32(21-8-2-3-9-21)25-18-27(34)33(30(25)36)22-15-13-19(14-16-22)28-31-24-11-4-5-12-26(24)38-28/h4-7,10-17,21,25H,2-3,8-9,18H2,1H3. The summed E-state index contributed by atoms with van der Waals surface area (Å²) >= 11 is 0. The van der Waals surface area contributed by atoms with Crippen molar-refractivity contribution in [3.63, 3.8) is 0 Å². The van der Waals surface area contributed by atoms with E-state index in [1.807, 2.05) is 24.3 Å². The maximum Gasteiger partial charge on any atom is 0.257 e. The molecule has 1 saturated heterocycles. The molecule has 4 aromatic rings. The summed E-state index contributed by atoms with van der Waals surface area (Å²) in [6.07, 6.45) is 3.56. The predicted molar refractivity (Wildman–Crippen MR) is 142 cm³/mol. The lowest BCUT2D eigenvalue weighted by atomic mass is 10.1. The second kappa shape index (κ2) is 9.78. The number of oxazole rings is 1. The lowest BCUT2D eigenvalue weighted by molar-refractivity contribution is -0.123. The van der Waals surface area contributed by atoms with Gasteiger partial charge in [0.15, 0.2) is 5.58 Å². The second-order valence-electron chi connectivity index (χ2n) is 9.70. The molecule has 2 heterocycles. The van der Waals surface area contributed by atoms with Crippen LogP contribution in [0.3, 0.4) is 0 Å². The number of amides is 3. The highest BCUT2D eigenvalue weighted by atomic mass is 16.5. The van der Waals surface area contributed by atoms with Gasteiger partial charge in [-0.15, -0.1) is 0 Å². The maximum absolute atomic E-state index is 13.7. The third-order valence-electron chi connectivity index (χ3n) is 7.39. The Hall–Kier alpha value is -4.46. The van der Waals surface area contributed by atoms with Gasteiger partial charge in [0.1, 0.15) is 17.3 Å². The zero-order valence-electron chi connectivity index (χ0n) is 21.0. The van der Waals surface area contributed by atoms with Crippen LogP contribution in [-0.4, -0.2) is 46.8 Å². The van der Waals surface area contributed by atoms with E-state index < -0.39 is 6.04 Å². The molecule has 1 saturated carbocycles. The molecule has 192 valence electrons. The molecule has 3 amide bonds. The SMILES string of the molecule is COc1cccc(C(=O)N(C2CCCC2)C2CC(=O)N(c3ccc(-c4nc5ccccc5o4)cc3)C2=O)c1. The lowest BCUT2D eigenvalue weighted by Gasteiger charge is -2.33. The number of hydrogen-bond acceptors (Lipinski definition) is 6. The van der Waals surface area contributed by atoms with Crippen LogP contribution in [0.2, 0.25) is 0 Å². The molecule has 8 nitrogen and oxygen atoms in total. The number of carbonyl (C=O) groups is 3. The summed E-state index contributed by atoms with van der Waals surface area (Å²) in [5, 5.41) is 0. The van der Waals surface area contributed by atoms with Gasteiger partial charge in [0.2, 0.25) is 11.8 Å². The van der Waals surface area contributed by atoms with Crippen LogP contribution in [0.25, 0.3) is 22.6 Å². The van der Waals surface area contributed by atoms with E-state index in [0.29, 0.717) is 28.5 Å². The fourth-order valence-electron chi connectivity index (χ4n) is 5.50. The first-order chi connectivity index (χ1) is 18.5. The molecule has 0 spiro atoms. The van der Waals surface area contributed by atoms with Crippen molar-refractivity contribution in [2.75, 3.05) is 12.0 Å². The number of carbonyl (C=O) groups excluding carboxylic acids is 3. The monoisotopic (exact) mass is 509 g/mol. The van der Waals surface area contributed by atoms with Crippen LogP contribution < -0.4 is 9.64 Å². The van der Waals surface area contributed by atoms with Crippen molar-refractivity contribution in [2.45, 2.75) is 44.2 Å². The fraction of sp³-hybridized carbons (Fsp3) is 0.267. The largest absolute Gasteiger partial charge is 0.497 e. The maximum atomic E-state index is 13.7. The molecule has 1 aromatic heterocycles. The number of nitrogens with zero attached hydrogens (tertiary/aromatic N) is 3. The molecule has 1 unspecified atom stereocenters. The van der Waals surface area contributed by atoms with Crippen molar-refractivity contribution in [1.82, 2.24) is 9.88 Å². The van der Waals surface area contributed by atoms with Gasteiger partial charge in [0.25, 0.3) is 11.8 Å². The number of rotatable bonds is 6. The Labute approximate surface area is 219 Å². The minimum Gasteiger partial charge on any atom is -0.497 e. The smallest absolute Gasteiger partial charge is 0.257 e. The number of methoxy groups -OCH3 is 1. The van der Waals surface area contributed by atoms with E-state index in [1.165, 1.54) is 4.90 Å². The van der Waals surface area contributed by atoms with Crippen molar-refractivity contribution >= 4 is 34.5 Å². The molecular weight excluding hydrogens is 482 g/mol. The molecule has 2 fully saturated rings. The summed E-state index contributed by atoms with van der Waals surface area (Å²) in [4.78, 5) is 47.9. The molecule has 6 rings (SSSR count). The minimum atomic E-state index is -0.846. The molecule has 1 atom stereocenters. The number of anilines is 1. The highest BCUT2D eigenvalue weighted by Crippen LogP contribution is 2.34. The van der Waals surface area contributed by atoms with Crippen LogP contribution in [0.1, 0.15) is 42.5 Å². The summed E-state index contributed by atoms with van der Waals surface area (Å²) in [6, 6.07) is 20.5. The third-order valence-corrected chi connectivity index (χ3v) is 7.39. The first-order valence-electron chi connectivity index (χ1n) is 12.8. The molecule has 3 aromatic carbocycles. The van der Waals surface area contributed by atoms with Gasteiger partial charge >= 0.3 is 0 Å². The van der Waals surface area contributed by atoms with Crippen molar-refractivity contribution in [3.05, 3.63) is 78.4 Å². The van der Waals surface area contributed by atoms with Gasteiger partial charge in [-0.3, -0.25) is 14.4 Å². The number of imide groups is 1. The van der Waals surface area contributed by atoms with Crippen LogP contribution in [0, 0.1) is 0 Å². The summed E-state index contributed by atoms with van der Waals surface area (Å²) in [6.45, 7) is 0. The van der Waals surface area contributed by atoms with E-state index in [4.69, 9.17) is 9.15 Å². The zero-order chi connectivity index (χ0) is 26.2. The first kappa shape index (κ1) is 23.9. The Balaban J connectivity index is 1.28. The average molecular weight is 510 g/mol. The van der Waals surface area contributed by atoms with Crippen molar-refractivity contribution in [3.8, 4) is 17.2 Å². The molecule has 38 heavy (non-hydrogen) atoms. The van der Waals surface area contributed by atoms with Crippen molar-refractivity contribution in [2.24, 2.45) is 0 Å². The Kier molecular flexibility index (Phi) is 6.15. The first-order valence-corrected chi connectivity index (χ1v) is 12.8. The molecule has 1 aliphatic carbocycles. The average Bonchev–Trinajstić information content (AvgIpc) is 3.69. The van der Waals surface area contributed by atoms with Crippen LogP contribution >= 0.6 is 0 Å². The molecule has 0 radical (unpaired) electrons. The van der Waals surface area contributed by atoms with Gasteiger partial charge < -0.3 is 14.1 Å². The van der Waals surface area contributed by atoms with Crippen molar-refractivity contribution < 1.29 is 23.5 Å². The molecule has 1 aliphatic heterocycles. The highest BCUT2D eigenvalue weighted by Gasteiger charge is 2.47. The van der Waals surface area contributed by atoms with Gasteiger partial charge in [-0.25, -0.2) is 9.88 Å².